The van der Waals surface area contributed by atoms with Crippen molar-refractivity contribution in [1.29, 1.82) is 0 Å². The fourth-order valence-electron chi connectivity index (χ4n) is 2.89. The zero-order valence-electron chi connectivity index (χ0n) is 18.5. The Morgan fingerprint density at radius 1 is 1.21 bits per heavy atom. The van der Waals surface area contributed by atoms with Gasteiger partial charge in [0, 0.05) is 38.2 Å². The lowest BCUT2D eigenvalue weighted by molar-refractivity contribution is 0.0548. The van der Waals surface area contributed by atoms with Gasteiger partial charge in [0.15, 0.2) is 11.7 Å². The largest absolute Gasteiger partial charge is 0.377 e. The molecule has 0 bridgehead atoms. The van der Waals surface area contributed by atoms with Crippen molar-refractivity contribution < 1.29 is 9.26 Å². The van der Waals surface area contributed by atoms with Crippen LogP contribution in [0, 0.1) is 0 Å². The predicted molar refractivity (Wildman–Crippen MR) is 127 cm³/mol. The van der Waals surface area contributed by atoms with Crippen LogP contribution in [0.4, 0.5) is 0 Å². The van der Waals surface area contributed by atoms with E-state index in [1.165, 1.54) is 0 Å². The Balaban J connectivity index is 0.00000729. The Kier molecular flexibility index (Phi) is 15.5. The van der Waals surface area contributed by atoms with E-state index < -0.39 is 0 Å². The zero-order chi connectivity index (χ0) is 20.1. The third-order valence-corrected chi connectivity index (χ3v) is 4.52. The molecule has 1 aromatic rings. The number of nitrogens with one attached hydrogen (secondary N) is 2. The molecule has 0 aliphatic carbocycles. The van der Waals surface area contributed by atoms with Gasteiger partial charge in [-0.2, -0.15) is 0 Å². The molecule has 0 aliphatic rings. The quantitative estimate of drug-likeness (QED) is 0.241. The van der Waals surface area contributed by atoms with Crippen molar-refractivity contribution in [2.45, 2.75) is 65.5 Å². The van der Waals surface area contributed by atoms with E-state index in [9.17, 15) is 0 Å². The van der Waals surface area contributed by atoms with E-state index in [0.29, 0.717) is 19.1 Å². The fourth-order valence-corrected chi connectivity index (χ4v) is 2.89. The molecule has 164 valence electrons. The topological polar surface area (TPSA) is 74.9 Å². The first kappa shape index (κ1) is 27.1. The molecular formula is C20H40IN5O2. The van der Waals surface area contributed by atoms with Crippen LogP contribution < -0.4 is 10.6 Å². The number of aromatic nitrogens is 1. The van der Waals surface area contributed by atoms with Crippen molar-refractivity contribution in [3.63, 3.8) is 0 Å². The number of ether oxygens (including phenoxy) is 1. The van der Waals surface area contributed by atoms with Crippen molar-refractivity contribution in [2.75, 3.05) is 40.3 Å². The third kappa shape index (κ3) is 10.6. The second kappa shape index (κ2) is 16.0. The number of halogens is 1. The average molecular weight is 509 g/mol. The maximum Gasteiger partial charge on any atom is 0.191 e. The summed E-state index contributed by atoms with van der Waals surface area (Å²) in [5.41, 5.74) is 1.03. The van der Waals surface area contributed by atoms with Gasteiger partial charge < -0.3 is 24.8 Å². The molecule has 8 heteroatoms. The maximum absolute atomic E-state index is 5.84. The summed E-state index contributed by atoms with van der Waals surface area (Å²) >= 11 is 0. The predicted octanol–water partition coefficient (Wildman–Crippen LogP) is 3.61. The molecule has 1 unspecified atom stereocenters. The van der Waals surface area contributed by atoms with Crippen LogP contribution in [0.3, 0.4) is 0 Å². The van der Waals surface area contributed by atoms with Gasteiger partial charge in [-0.25, -0.2) is 4.99 Å². The number of aliphatic imine (C=N–C) groups is 1. The van der Waals surface area contributed by atoms with Crippen LogP contribution in [-0.2, 0) is 11.3 Å². The van der Waals surface area contributed by atoms with Gasteiger partial charge in [0.1, 0.15) is 6.54 Å². The molecule has 0 spiro atoms. The van der Waals surface area contributed by atoms with E-state index in [-0.39, 0.29) is 30.1 Å². The van der Waals surface area contributed by atoms with E-state index >= 15 is 0 Å². The SMILES string of the molecule is CCNC(=NCc1cc(C(CC)CC)no1)NCC(CCN(C)C)OCC.I. The Bertz CT molecular complexity index is 532. The molecule has 1 atom stereocenters. The monoisotopic (exact) mass is 509 g/mol. The normalized spacial score (nSPS) is 12.9. The van der Waals surface area contributed by atoms with Gasteiger partial charge in [-0.15, -0.1) is 24.0 Å². The molecule has 2 N–H and O–H groups in total. The summed E-state index contributed by atoms with van der Waals surface area (Å²) in [6.45, 7) is 12.2. The average Bonchev–Trinajstić information content (AvgIpc) is 3.11. The van der Waals surface area contributed by atoms with E-state index in [2.05, 4.69) is 60.5 Å². The number of guanidine groups is 1. The molecule has 0 radical (unpaired) electrons. The minimum atomic E-state index is 0. The van der Waals surface area contributed by atoms with Crippen molar-refractivity contribution in [3.05, 3.63) is 17.5 Å². The first-order chi connectivity index (χ1) is 13.0. The highest BCUT2D eigenvalue weighted by Gasteiger charge is 2.13. The minimum absolute atomic E-state index is 0. The van der Waals surface area contributed by atoms with Gasteiger partial charge in [-0.3, -0.25) is 0 Å². The molecule has 0 aliphatic heterocycles. The second-order valence-electron chi connectivity index (χ2n) is 6.98. The highest BCUT2D eigenvalue weighted by Crippen LogP contribution is 2.22. The second-order valence-corrected chi connectivity index (χ2v) is 6.98. The molecule has 0 fully saturated rings. The molecule has 28 heavy (non-hydrogen) atoms. The summed E-state index contributed by atoms with van der Waals surface area (Å²) in [6, 6.07) is 2.03. The lowest BCUT2D eigenvalue weighted by atomic mass is 9.99. The molecule has 0 aromatic carbocycles. The van der Waals surface area contributed by atoms with E-state index in [0.717, 1.165) is 56.3 Å². The van der Waals surface area contributed by atoms with Crippen LogP contribution >= 0.6 is 24.0 Å². The summed E-state index contributed by atoms with van der Waals surface area (Å²) < 4.78 is 11.3. The molecule has 1 rings (SSSR count). The zero-order valence-corrected chi connectivity index (χ0v) is 20.8. The van der Waals surface area contributed by atoms with Crippen LogP contribution in [0.2, 0.25) is 0 Å². The summed E-state index contributed by atoms with van der Waals surface area (Å²) in [6.07, 6.45) is 3.28. The van der Waals surface area contributed by atoms with Gasteiger partial charge in [0.05, 0.1) is 11.8 Å². The van der Waals surface area contributed by atoms with Crippen LogP contribution in [0.5, 0.6) is 0 Å². The fraction of sp³-hybridized carbons (Fsp3) is 0.800. The van der Waals surface area contributed by atoms with Gasteiger partial charge in [0.25, 0.3) is 0 Å². The molecular weight excluding hydrogens is 469 g/mol. The van der Waals surface area contributed by atoms with Crippen LogP contribution in [0.1, 0.15) is 64.3 Å². The van der Waals surface area contributed by atoms with Crippen molar-refractivity contribution in [2.24, 2.45) is 4.99 Å². The maximum atomic E-state index is 5.84. The van der Waals surface area contributed by atoms with Crippen molar-refractivity contribution in [3.8, 4) is 0 Å². The minimum Gasteiger partial charge on any atom is -0.377 e. The number of rotatable bonds is 13. The summed E-state index contributed by atoms with van der Waals surface area (Å²) in [5, 5.41) is 10.9. The van der Waals surface area contributed by atoms with E-state index in [1.807, 2.05) is 13.0 Å². The first-order valence-corrected chi connectivity index (χ1v) is 10.3. The Labute approximate surface area is 188 Å². The van der Waals surface area contributed by atoms with E-state index in [4.69, 9.17) is 9.26 Å². The van der Waals surface area contributed by atoms with Gasteiger partial charge in [-0.05, 0) is 47.2 Å². The highest BCUT2D eigenvalue weighted by atomic mass is 127. The van der Waals surface area contributed by atoms with Gasteiger partial charge in [-0.1, -0.05) is 19.0 Å². The van der Waals surface area contributed by atoms with Crippen LogP contribution in [0.15, 0.2) is 15.6 Å². The first-order valence-electron chi connectivity index (χ1n) is 10.3. The van der Waals surface area contributed by atoms with Gasteiger partial charge in [0.2, 0.25) is 0 Å². The molecule has 1 heterocycles. The Morgan fingerprint density at radius 3 is 2.50 bits per heavy atom. The molecule has 0 saturated carbocycles. The molecule has 7 nitrogen and oxygen atoms in total. The smallest absolute Gasteiger partial charge is 0.191 e. The third-order valence-electron chi connectivity index (χ3n) is 4.52. The van der Waals surface area contributed by atoms with Gasteiger partial charge >= 0.3 is 0 Å². The van der Waals surface area contributed by atoms with Crippen molar-refractivity contribution >= 4 is 29.9 Å². The number of nitrogens with zero attached hydrogens (tertiary/aromatic N) is 3. The van der Waals surface area contributed by atoms with E-state index in [1.54, 1.807) is 0 Å². The summed E-state index contributed by atoms with van der Waals surface area (Å²) in [7, 11) is 4.16. The standard InChI is InChI=1S/C20H39N5O2.HI/c1-7-16(8-2)19-13-18(27-24-19)15-23-20(21-9-3)22-14-17(26-10-4)11-12-25(5)6;/h13,16-17H,7-12,14-15H2,1-6H3,(H2,21,22,23);1H. The Hall–Kier alpha value is -0.870. The summed E-state index contributed by atoms with van der Waals surface area (Å²) in [4.78, 5) is 6.80. The number of hydrogen-bond acceptors (Lipinski definition) is 5. The number of hydrogen-bond donors (Lipinski definition) is 2. The van der Waals surface area contributed by atoms with Crippen LogP contribution in [-0.4, -0.2) is 62.5 Å². The molecule has 0 saturated heterocycles. The lowest BCUT2D eigenvalue weighted by Crippen LogP contribution is -2.42. The highest BCUT2D eigenvalue weighted by molar-refractivity contribution is 14.0. The molecule has 1 aromatic heterocycles. The lowest BCUT2D eigenvalue weighted by Gasteiger charge is -2.21. The molecule has 0 amide bonds. The Morgan fingerprint density at radius 2 is 1.93 bits per heavy atom. The van der Waals surface area contributed by atoms with Crippen LogP contribution in [0.25, 0.3) is 0 Å². The summed E-state index contributed by atoms with van der Waals surface area (Å²) in [5.74, 6) is 2.03. The van der Waals surface area contributed by atoms with Crippen molar-refractivity contribution in [1.82, 2.24) is 20.7 Å².